The molecule has 2 N–H and O–H groups in total. The fourth-order valence-electron chi connectivity index (χ4n) is 5.17. The molecule has 2 atom stereocenters. The molecule has 2 saturated heterocycles. The quantitative estimate of drug-likeness (QED) is 0.675. The molecule has 5 amide bonds. The Morgan fingerprint density at radius 2 is 1.82 bits per heavy atom. The van der Waals surface area contributed by atoms with Gasteiger partial charge in [-0.25, -0.2) is 4.79 Å². The lowest BCUT2D eigenvalue weighted by molar-refractivity contribution is -0.141. The van der Waals surface area contributed by atoms with E-state index >= 15 is 0 Å². The summed E-state index contributed by atoms with van der Waals surface area (Å²) in [7, 11) is 0. The van der Waals surface area contributed by atoms with Gasteiger partial charge in [0.15, 0.2) is 0 Å². The number of carbonyl (C=O) groups excluding carboxylic acids is 4. The molecule has 172 valence electrons. The average Bonchev–Trinajstić information content (AvgIpc) is 3.50. The Balaban J connectivity index is 1.41. The van der Waals surface area contributed by atoms with E-state index in [2.05, 4.69) is 10.7 Å². The van der Waals surface area contributed by atoms with Crippen LogP contribution in [0.2, 0.25) is 0 Å². The van der Waals surface area contributed by atoms with Gasteiger partial charge in [-0.3, -0.25) is 19.8 Å². The van der Waals surface area contributed by atoms with Crippen LogP contribution in [0.4, 0.5) is 10.5 Å². The number of benzene rings is 1. The van der Waals surface area contributed by atoms with E-state index in [1.807, 2.05) is 48.7 Å². The normalized spacial score (nSPS) is 24.5. The number of nitrogens with zero attached hydrogens (tertiary/aromatic N) is 2. The van der Waals surface area contributed by atoms with Gasteiger partial charge in [-0.15, -0.1) is 11.3 Å². The number of carbonyl (C=O) groups is 4. The van der Waals surface area contributed by atoms with Crippen molar-refractivity contribution in [2.45, 2.75) is 57.0 Å². The van der Waals surface area contributed by atoms with Crippen LogP contribution < -0.4 is 15.6 Å². The van der Waals surface area contributed by atoms with Gasteiger partial charge in [-0.1, -0.05) is 43.0 Å². The van der Waals surface area contributed by atoms with E-state index in [0.717, 1.165) is 40.4 Å². The molecule has 2 aliphatic heterocycles. The number of anilines is 1. The van der Waals surface area contributed by atoms with Crippen LogP contribution in [0.3, 0.4) is 0 Å². The first kappa shape index (κ1) is 21.6. The summed E-state index contributed by atoms with van der Waals surface area (Å²) in [6.07, 6.45) is 3.89. The highest BCUT2D eigenvalue weighted by Gasteiger charge is 2.53. The van der Waals surface area contributed by atoms with Crippen LogP contribution in [0, 0.1) is 12.8 Å². The highest BCUT2D eigenvalue weighted by Crippen LogP contribution is 2.43. The number of imide groups is 1. The second kappa shape index (κ2) is 8.30. The topological polar surface area (TPSA) is 98.8 Å². The minimum Gasteiger partial charge on any atom is -0.322 e. The maximum atomic E-state index is 13.4. The number of nitrogens with one attached hydrogen (secondary N) is 2. The van der Waals surface area contributed by atoms with Crippen molar-refractivity contribution in [1.82, 2.24) is 15.8 Å². The van der Waals surface area contributed by atoms with Crippen molar-refractivity contribution in [3.63, 3.8) is 0 Å². The smallest absolute Gasteiger partial charge is 0.322 e. The molecular weight excluding hydrogens is 440 g/mol. The van der Waals surface area contributed by atoms with E-state index < -0.39 is 35.3 Å². The monoisotopic (exact) mass is 466 g/mol. The third-order valence-corrected chi connectivity index (χ3v) is 7.84. The summed E-state index contributed by atoms with van der Waals surface area (Å²) in [5.74, 6) is -1.82. The molecule has 0 radical (unpaired) electrons. The predicted molar refractivity (Wildman–Crippen MR) is 123 cm³/mol. The third-order valence-electron chi connectivity index (χ3n) is 6.90. The first-order chi connectivity index (χ1) is 15.9. The molecule has 5 rings (SSSR count). The Bertz CT molecular complexity index is 1090. The minimum atomic E-state index is -0.921. The molecule has 1 aliphatic carbocycles. The van der Waals surface area contributed by atoms with Gasteiger partial charge in [0.05, 0.1) is 12.0 Å². The zero-order valence-corrected chi connectivity index (χ0v) is 19.2. The van der Waals surface area contributed by atoms with Gasteiger partial charge in [-0.2, -0.15) is 5.01 Å². The van der Waals surface area contributed by atoms with Crippen LogP contribution in [0.1, 0.15) is 55.0 Å². The lowest BCUT2D eigenvalue weighted by Crippen LogP contribution is -2.52. The highest BCUT2D eigenvalue weighted by molar-refractivity contribution is 7.10. The summed E-state index contributed by atoms with van der Waals surface area (Å²) >= 11 is 1.47. The first-order valence-corrected chi connectivity index (χ1v) is 12.2. The summed E-state index contributed by atoms with van der Waals surface area (Å²) in [6, 6.07) is 10.3. The maximum Gasteiger partial charge on any atom is 0.344 e. The molecule has 1 aromatic carbocycles. The van der Waals surface area contributed by atoms with E-state index in [0.29, 0.717) is 12.8 Å². The van der Waals surface area contributed by atoms with Gasteiger partial charge in [0.25, 0.3) is 5.91 Å². The second-order valence-electron chi connectivity index (χ2n) is 9.06. The molecule has 3 aliphatic rings. The fourth-order valence-corrected chi connectivity index (χ4v) is 6.05. The standard InChI is InChI=1S/C24H26N4O4S/c1-15-7-9-16(10-8-15)27-19(29)14-17(20(27)18-6-5-13-33-18)21(30)26-28-22(31)24(25-23(28)32)11-3-2-4-12-24/h5-10,13,17,20H,2-4,11-12,14H2,1H3,(H,25,32)(H,26,30)/t17-,20-/m0/s1. The molecule has 2 aromatic rings. The predicted octanol–water partition coefficient (Wildman–Crippen LogP) is 3.44. The van der Waals surface area contributed by atoms with Crippen molar-refractivity contribution < 1.29 is 19.2 Å². The molecule has 1 aromatic heterocycles. The van der Waals surface area contributed by atoms with Gasteiger partial charge < -0.3 is 10.2 Å². The van der Waals surface area contributed by atoms with Crippen LogP contribution in [0.15, 0.2) is 41.8 Å². The summed E-state index contributed by atoms with van der Waals surface area (Å²) in [5, 5.41) is 5.52. The van der Waals surface area contributed by atoms with E-state index in [-0.39, 0.29) is 12.3 Å². The van der Waals surface area contributed by atoms with Gasteiger partial charge in [0.2, 0.25) is 11.8 Å². The van der Waals surface area contributed by atoms with Crippen LogP contribution in [-0.2, 0) is 14.4 Å². The number of thiophene rings is 1. The molecule has 0 bridgehead atoms. The SMILES string of the molecule is Cc1ccc(N2C(=O)C[C@H](C(=O)NN3C(=O)NC4(CCCCC4)C3=O)[C@H]2c2cccs2)cc1. The Morgan fingerprint density at radius 1 is 1.09 bits per heavy atom. The summed E-state index contributed by atoms with van der Waals surface area (Å²) in [5.41, 5.74) is 3.41. The molecule has 9 heteroatoms. The Kier molecular flexibility index (Phi) is 5.44. The molecule has 33 heavy (non-hydrogen) atoms. The van der Waals surface area contributed by atoms with Gasteiger partial charge in [0, 0.05) is 17.0 Å². The number of hydrazine groups is 1. The molecule has 1 spiro atoms. The molecule has 3 heterocycles. The van der Waals surface area contributed by atoms with E-state index in [1.165, 1.54) is 11.3 Å². The second-order valence-corrected chi connectivity index (χ2v) is 10.0. The molecule has 3 fully saturated rings. The summed E-state index contributed by atoms with van der Waals surface area (Å²) in [4.78, 5) is 54.7. The average molecular weight is 467 g/mol. The van der Waals surface area contributed by atoms with Crippen molar-refractivity contribution in [1.29, 1.82) is 0 Å². The lowest BCUT2D eigenvalue weighted by Gasteiger charge is -2.30. The summed E-state index contributed by atoms with van der Waals surface area (Å²) in [6.45, 7) is 1.97. The Labute approximate surface area is 195 Å². The van der Waals surface area contributed by atoms with E-state index in [4.69, 9.17) is 0 Å². The molecule has 8 nitrogen and oxygen atoms in total. The minimum absolute atomic E-state index is 0.00291. The van der Waals surface area contributed by atoms with Crippen LogP contribution in [-0.4, -0.2) is 34.3 Å². The first-order valence-electron chi connectivity index (χ1n) is 11.3. The van der Waals surface area contributed by atoms with Crippen molar-refractivity contribution in [3.8, 4) is 0 Å². The van der Waals surface area contributed by atoms with Crippen LogP contribution in [0.25, 0.3) is 0 Å². The Hall–Kier alpha value is -3.20. The van der Waals surface area contributed by atoms with Crippen molar-refractivity contribution in [2.24, 2.45) is 5.92 Å². The van der Waals surface area contributed by atoms with Crippen molar-refractivity contribution >= 4 is 40.8 Å². The van der Waals surface area contributed by atoms with Crippen molar-refractivity contribution in [3.05, 3.63) is 52.2 Å². The van der Waals surface area contributed by atoms with Gasteiger partial charge in [-0.05, 0) is 43.3 Å². The van der Waals surface area contributed by atoms with E-state index in [1.54, 1.807) is 4.90 Å². The molecule has 0 unspecified atom stereocenters. The van der Waals surface area contributed by atoms with Gasteiger partial charge >= 0.3 is 6.03 Å². The zero-order valence-electron chi connectivity index (χ0n) is 18.4. The number of rotatable bonds is 4. The third kappa shape index (κ3) is 3.70. The van der Waals surface area contributed by atoms with Crippen LogP contribution >= 0.6 is 11.3 Å². The van der Waals surface area contributed by atoms with Gasteiger partial charge in [0.1, 0.15) is 5.54 Å². The molecule has 1 saturated carbocycles. The number of amides is 5. The zero-order chi connectivity index (χ0) is 23.2. The number of hydrogen-bond donors (Lipinski definition) is 2. The number of aryl methyl sites for hydroxylation is 1. The number of urea groups is 1. The van der Waals surface area contributed by atoms with Crippen molar-refractivity contribution in [2.75, 3.05) is 4.90 Å². The summed E-state index contributed by atoms with van der Waals surface area (Å²) < 4.78 is 0. The lowest BCUT2D eigenvalue weighted by atomic mass is 9.82. The Morgan fingerprint density at radius 3 is 2.48 bits per heavy atom. The number of hydrogen-bond acceptors (Lipinski definition) is 5. The maximum absolute atomic E-state index is 13.4. The fraction of sp³-hybridized carbons (Fsp3) is 0.417. The highest BCUT2D eigenvalue weighted by atomic mass is 32.1. The largest absolute Gasteiger partial charge is 0.344 e. The molecular formula is C24H26N4O4S. The van der Waals surface area contributed by atoms with Crippen LogP contribution in [0.5, 0.6) is 0 Å². The van der Waals surface area contributed by atoms with E-state index in [9.17, 15) is 19.2 Å².